The van der Waals surface area contributed by atoms with Crippen LogP contribution in [0.1, 0.15) is 18.4 Å². The van der Waals surface area contributed by atoms with E-state index in [1.807, 2.05) is 5.32 Å². The Labute approximate surface area is 167 Å². The van der Waals surface area contributed by atoms with Gasteiger partial charge in [-0.3, -0.25) is 4.79 Å². The molecule has 1 heterocycles. The van der Waals surface area contributed by atoms with Gasteiger partial charge in [-0.05, 0) is 24.1 Å². The van der Waals surface area contributed by atoms with E-state index in [2.05, 4.69) is 10.3 Å². The molecule has 1 aromatic rings. The zero-order valence-electron chi connectivity index (χ0n) is 14.3. The first-order valence-electron chi connectivity index (χ1n) is 7.78. The van der Waals surface area contributed by atoms with Gasteiger partial charge >= 0.3 is 23.9 Å². The molecule has 2 amide bonds. The smallest absolute Gasteiger partial charge is 0.327 e. The number of hydrogen-bond donors (Lipinski definition) is 5. The number of carbonyl (C=O) groups is 4. The average molecular weight is 435 g/mol. The van der Waals surface area contributed by atoms with Crippen molar-refractivity contribution in [3.05, 3.63) is 23.9 Å². The van der Waals surface area contributed by atoms with E-state index in [0.717, 1.165) is 0 Å². The van der Waals surface area contributed by atoms with E-state index in [4.69, 9.17) is 10.2 Å². The molecule has 0 aliphatic heterocycles. The van der Waals surface area contributed by atoms with Gasteiger partial charge < -0.3 is 26.0 Å². The van der Waals surface area contributed by atoms with E-state index in [9.17, 15) is 28.2 Å². The molecule has 154 valence electrons. The lowest BCUT2D eigenvalue weighted by Crippen LogP contribution is -2.52. The summed E-state index contributed by atoms with van der Waals surface area (Å²) in [7, 11) is 0. The summed E-state index contributed by atoms with van der Waals surface area (Å²) in [5, 5.41) is 31.2. The molecule has 0 spiro atoms. The second-order valence-electron chi connectivity index (χ2n) is 5.43. The van der Waals surface area contributed by atoms with Crippen LogP contribution in [-0.2, 0) is 20.1 Å². The average Bonchev–Trinajstić information content (AvgIpc) is 2.63. The summed E-state index contributed by atoms with van der Waals surface area (Å²) in [4.78, 5) is 48.5. The number of urea groups is 1. The molecule has 10 nitrogen and oxygen atoms in total. The van der Waals surface area contributed by atoms with Gasteiger partial charge in [-0.25, -0.2) is 19.4 Å². The number of halogens is 1. The fourth-order valence-corrected chi connectivity index (χ4v) is 3.23. The van der Waals surface area contributed by atoms with Crippen molar-refractivity contribution in [1.82, 2.24) is 15.6 Å². The molecule has 0 aromatic carbocycles. The number of pyridine rings is 1. The predicted molar refractivity (Wildman–Crippen MR) is 98.7 cm³/mol. The molecule has 1 aromatic heterocycles. The number of aliphatic carboxylic acids is 3. The highest BCUT2D eigenvalue weighted by Gasteiger charge is 2.24. The summed E-state index contributed by atoms with van der Waals surface area (Å²) in [6, 6.07) is -0.663. The van der Waals surface area contributed by atoms with Gasteiger partial charge in [0.1, 0.15) is 29.3 Å². The maximum Gasteiger partial charge on any atom is 0.327 e. The lowest BCUT2D eigenvalue weighted by Gasteiger charge is -2.18. The molecule has 5 N–H and O–H groups in total. The van der Waals surface area contributed by atoms with Crippen LogP contribution in [0.5, 0.6) is 0 Å². The van der Waals surface area contributed by atoms with E-state index < -0.39 is 42.4 Å². The zero-order chi connectivity index (χ0) is 21.1. The van der Waals surface area contributed by atoms with Crippen molar-refractivity contribution in [2.75, 3.05) is 5.75 Å². The molecule has 2 atom stereocenters. The number of rotatable bonds is 12. The largest absolute Gasteiger partial charge is 0.481 e. The highest BCUT2D eigenvalue weighted by Crippen LogP contribution is 2.20. The number of aromatic nitrogens is 1. The van der Waals surface area contributed by atoms with Gasteiger partial charge in [0, 0.05) is 24.1 Å². The molecular formula is C15H18FN3O7S2. The fourth-order valence-electron chi connectivity index (χ4n) is 1.94. The summed E-state index contributed by atoms with van der Waals surface area (Å²) in [6.45, 7) is 0. The number of amides is 2. The Kier molecular flexibility index (Phi) is 10.1. The first-order chi connectivity index (χ1) is 13.2. The Morgan fingerprint density at radius 2 is 1.75 bits per heavy atom. The van der Waals surface area contributed by atoms with Crippen LogP contribution in [0.2, 0.25) is 0 Å². The van der Waals surface area contributed by atoms with Crippen LogP contribution in [0.15, 0.2) is 23.4 Å². The van der Waals surface area contributed by atoms with Gasteiger partial charge in [0.2, 0.25) is 0 Å². The number of carboxylic acid groups (broad SMARTS) is 3. The Hall–Kier alpha value is -2.54. The number of nitrogens with one attached hydrogen (secondary N) is 2. The Bertz CT molecular complexity index is 723. The Balaban J connectivity index is 2.55. The van der Waals surface area contributed by atoms with Crippen molar-refractivity contribution in [3.63, 3.8) is 0 Å². The van der Waals surface area contributed by atoms with E-state index >= 15 is 0 Å². The topological polar surface area (TPSA) is 166 Å². The Morgan fingerprint density at radius 3 is 2.32 bits per heavy atom. The SMILES string of the molecule is O=C(O)CCC(NC(=O)NC(CSCc1ccnc(SF)c1)C(=O)O)C(=O)O. The van der Waals surface area contributed by atoms with E-state index in [0.29, 0.717) is 11.3 Å². The molecule has 0 aliphatic rings. The summed E-state index contributed by atoms with van der Waals surface area (Å²) in [6.07, 6.45) is 0.601. The van der Waals surface area contributed by atoms with Crippen LogP contribution < -0.4 is 10.6 Å². The molecule has 0 bridgehead atoms. The Morgan fingerprint density at radius 1 is 1.11 bits per heavy atom. The molecular weight excluding hydrogens is 417 g/mol. The van der Waals surface area contributed by atoms with Gasteiger partial charge in [-0.1, -0.05) is 0 Å². The lowest BCUT2D eigenvalue weighted by molar-refractivity contribution is -0.140. The molecule has 2 unspecified atom stereocenters. The first kappa shape index (κ1) is 23.5. The monoisotopic (exact) mass is 435 g/mol. The number of carboxylic acids is 3. The van der Waals surface area contributed by atoms with Crippen molar-refractivity contribution in [1.29, 1.82) is 0 Å². The normalized spacial score (nSPS) is 12.6. The maximum absolute atomic E-state index is 12.5. The minimum Gasteiger partial charge on any atom is -0.481 e. The van der Waals surface area contributed by atoms with Crippen molar-refractivity contribution in [3.8, 4) is 0 Å². The third kappa shape index (κ3) is 8.90. The highest BCUT2D eigenvalue weighted by atomic mass is 32.2. The molecule has 0 radical (unpaired) electrons. The van der Waals surface area contributed by atoms with E-state index in [-0.39, 0.29) is 29.3 Å². The van der Waals surface area contributed by atoms with Crippen LogP contribution >= 0.6 is 23.9 Å². The van der Waals surface area contributed by atoms with Crippen molar-refractivity contribution >= 4 is 47.8 Å². The molecule has 1 rings (SSSR count). The van der Waals surface area contributed by atoms with E-state index in [1.165, 1.54) is 24.0 Å². The first-order valence-corrected chi connectivity index (χ1v) is 9.65. The zero-order valence-corrected chi connectivity index (χ0v) is 16.0. The van der Waals surface area contributed by atoms with Crippen molar-refractivity contribution < 1.29 is 38.4 Å². The standard InChI is InChI=1S/C15H18FN3O7S2/c16-28-11-5-8(3-4-17-11)6-27-7-10(14(24)25)19-15(26)18-9(13(22)23)1-2-12(20)21/h3-5,9-10H,1-2,6-7H2,(H,20,21)(H,22,23)(H,24,25)(H2,18,19,26). The number of thioether (sulfide) groups is 1. The summed E-state index contributed by atoms with van der Waals surface area (Å²) >= 11 is 1.15. The van der Waals surface area contributed by atoms with Gasteiger partial charge in [0.25, 0.3) is 0 Å². The van der Waals surface area contributed by atoms with Crippen LogP contribution in [0, 0.1) is 0 Å². The molecule has 0 saturated heterocycles. The second kappa shape index (κ2) is 12.0. The minimum atomic E-state index is -1.47. The van der Waals surface area contributed by atoms with Crippen LogP contribution in [0.4, 0.5) is 8.68 Å². The summed E-state index contributed by atoms with van der Waals surface area (Å²) in [5.41, 5.74) is 0.716. The van der Waals surface area contributed by atoms with Crippen LogP contribution in [-0.4, -0.2) is 62.1 Å². The fraction of sp³-hybridized carbons (Fsp3) is 0.400. The highest BCUT2D eigenvalue weighted by molar-refractivity contribution is 7.98. The van der Waals surface area contributed by atoms with Crippen LogP contribution in [0.25, 0.3) is 0 Å². The molecule has 13 heteroatoms. The maximum atomic E-state index is 12.5. The quantitative estimate of drug-likeness (QED) is 0.323. The van der Waals surface area contributed by atoms with Crippen molar-refractivity contribution in [2.45, 2.75) is 35.7 Å². The molecule has 0 fully saturated rings. The van der Waals surface area contributed by atoms with Crippen molar-refractivity contribution in [2.24, 2.45) is 0 Å². The van der Waals surface area contributed by atoms with Gasteiger partial charge in [0.05, 0.1) is 0 Å². The molecule has 0 saturated carbocycles. The number of carbonyl (C=O) groups excluding carboxylic acids is 1. The van der Waals surface area contributed by atoms with Gasteiger partial charge in [0.15, 0.2) is 0 Å². The third-order valence-corrected chi connectivity index (χ3v) is 4.77. The lowest BCUT2D eigenvalue weighted by atomic mass is 10.1. The molecule has 28 heavy (non-hydrogen) atoms. The van der Waals surface area contributed by atoms with Gasteiger partial charge in [-0.2, -0.15) is 15.6 Å². The van der Waals surface area contributed by atoms with Crippen LogP contribution in [0.3, 0.4) is 0 Å². The van der Waals surface area contributed by atoms with Gasteiger partial charge in [-0.15, -0.1) is 0 Å². The third-order valence-electron chi connectivity index (χ3n) is 3.29. The molecule has 0 aliphatic carbocycles. The van der Waals surface area contributed by atoms with E-state index in [1.54, 1.807) is 6.07 Å². The second-order valence-corrected chi connectivity index (χ2v) is 7.03. The number of hydrogen-bond acceptors (Lipinski definition) is 7. The number of nitrogens with zero attached hydrogens (tertiary/aromatic N) is 1. The summed E-state index contributed by atoms with van der Waals surface area (Å²) < 4.78 is 12.5. The minimum absolute atomic E-state index is 0.0148. The summed E-state index contributed by atoms with van der Waals surface area (Å²) in [5.74, 6) is -3.67. The predicted octanol–water partition coefficient (Wildman–Crippen LogP) is 1.36.